The van der Waals surface area contributed by atoms with Crippen LogP contribution in [0.4, 0.5) is 0 Å². The Balaban J connectivity index is 1.99. The number of aliphatic imine (C=N–C) groups is 1. The van der Waals surface area contributed by atoms with Crippen LogP contribution in [0.3, 0.4) is 0 Å². The Hall–Kier alpha value is -3.42. The normalized spacial score (nSPS) is 11.7. The lowest BCUT2D eigenvalue weighted by Crippen LogP contribution is -2.32. The fourth-order valence-corrected chi connectivity index (χ4v) is 2.63. The van der Waals surface area contributed by atoms with Crippen LogP contribution in [-0.2, 0) is 6.42 Å². The fourth-order valence-electron chi connectivity index (χ4n) is 2.63. The Morgan fingerprint density at radius 2 is 2.00 bits per heavy atom. The molecule has 1 aromatic carbocycles. The van der Waals surface area contributed by atoms with Gasteiger partial charge in [-0.3, -0.25) is 14.8 Å². The van der Waals surface area contributed by atoms with E-state index in [9.17, 15) is 14.7 Å². The van der Waals surface area contributed by atoms with Crippen LogP contribution in [0.1, 0.15) is 23.7 Å². The molecule has 0 saturated heterocycles. The summed E-state index contributed by atoms with van der Waals surface area (Å²) in [5, 5.41) is 10.6. The van der Waals surface area contributed by atoms with E-state index < -0.39 is 17.1 Å². The van der Waals surface area contributed by atoms with Gasteiger partial charge in [0.1, 0.15) is 5.56 Å². The van der Waals surface area contributed by atoms with E-state index in [1.54, 1.807) is 31.6 Å². The summed E-state index contributed by atoms with van der Waals surface area (Å²) in [4.78, 5) is 37.9. The minimum absolute atomic E-state index is 0.0187. The molecule has 0 atom stereocenters. The van der Waals surface area contributed by atoms with Gasteiger partial charge in [0.2, 0.25) is 5.88 Å². The van der Waals surface area contributed by atoms with Crippen LogP contribution in [0, 0.1) is 6.92 Å². The smallest absolute Gasteiger partial charge is 0.335 e. The highest BCUT2D eigenvalue weighted by Gasteiger charge is 2.17. The first-order chi connectivity index (χ1) is 12.5. The molecule has 0 spiro atoms. The largest absolute Gasteiger partial charge is 0.493 e. The third-order valence-electron chi connectivity index (χ3n) is 4.02. The maximum atomic E-state index is 12.2. The summed E-state index contributed by atoms with van der Waals surface area (Å²) in [6.07, 6.45) is 3.90. The minimum atomic E-state index is -0.703. The highest BCUT2D eigenvalue weighted by atomic mass is 16.3. The minimum Gasteiger partial charge on any atom is -0.493 e. The Labute approximate surface area is 148 Å². The number of benzene rings is 1. The van der Waals surface area contributed by atoms with E-state index in [4.69, 9.17) is 0 Å². The summed E-state index contributed by atoms with van der Waals surface area (Å²) in [6, 6.07) is 7.03. The van der Waals surface area contributed by atoms with Crippen LogP contribution < -0.4 is 11.2 Å². The zero-order valence-electron chi connectivity index (χ0n) is 14.5. The maximum Gasteiger partial charge on any atom is 0.335 e. The third-order valence-corrected chi connectivity index (χ3v) is 4.02. The summed E-state index contributed by atoms with van der Waals surface area (Å²) < 4.78 is 1.06. The van der Waals surface area contributed by atoms with Crippen LogP contribution in [0.25, 0.3) is 5.69 Å². The van der Waals surface area contributed by atoms with Gasteiger partial charge in [0.15, 0.2) is 0 Å². The number of H-pyrrole nitrogens is 2. The van der Waals surface area contributed by atoms with Gasteiger partial charge in [0.05, 0.1) is 12.0 Å². The van der Waals surface area contributed by atoms with Crippen LogP contribution in [0.15, 0.2) is 51.4 Å². The molecule has 134 valence electrons. The molecule has 3 rings (SSSR count). The van der Waals surface area contributed by atoms with E-state index in [1.807, 2.05) is 19.1 Å². The lowest BCUT2D eigenvalue weighted by atomic mass is 10.2. The molecule has 26 heavy (non-hydrogen) atoms. The predicted octanol–water partition coefficient (Wildman–Crippen LogP) is 1.31. The number of nitrogens with one attached hydrogen (secondary N) is 2. The fraction of sp³-hybridized carbons (Fsp3) is 0.222. The molecule has 8 heteroatoms. The van der Waals surface area contributed by atoms with Crippen molar-refractivity contribution in [1.82, 2.24) is 19.5 Å². The lowest BCUT2D eigenvalue weighted by molar-refractivity contribution is 0.429. The van der Waals surface area contributed by atoms with Crippen molar-refractivity contribution in [3.05, 3.63) is 74.4 Å². The number of imidazole rings is 1. The number of aromatic hydroxyl groups is 1. The zero-order chi connectivity index (χ0) is 18.7. The van der Waals surface area contributed by atoms with Crippen LogP contribution in [0.2, 0.25) is 0 Å². The van der Waals surface area contributed by atoms with Crippen molar-refractivity contribution >= 4 is 5.71 Å². The number of hydrogen-bond donors (Lipinski definition) is 3. The first kappa shape index (κ1) is 17.4. The van der Waals surface area contributed by atoms with Crippen molar-refractivity contribution in [2.24, 2.45) is 4.99 Å². The molecule has 8 nitrogen and oxygen atoms in total. The molecule has 0 amide bonds. The van der Waals surface area contributed by atoms with Crippen molar-refractivity contribution in [3.63, 3.8) is 0 Å². The zero-order valence-corrected chi connectivity index (χ0v) is 14.5. The van der Waals surface area contributed by atoms with Crippen molar-refractivity contribution in [2.75, 3.05) is 6.54 Å². The second-order valence-electron chi connectivity index (χ2n) is 5.92. The molecule has 0 radical (unpaired) electrons. The Bertz CT molecular complexity index is 1040. The quantitative estimate of drug-likeness (QED) is 0.600. The molecule has 0 aliphatic carbocycles. The van der Waals surface area contributed by atoms with Gasteiger partial charge in [-0.1, -0.05) is 17.7 Å². The van der Waals surface area contributed by atoms with Crippen molar-refractivity contribution < 1.29 is 5.11 Å². The molecule has 0 saturated carbocycles. The first-order valence-electron chi connectivity index (χ1n) is 8.11. The third kappa shape index (κ3) is 3.49. The molecule has 2 heterocycles. The summed E-state index contributed by atoms with van der Waals surface area (Å²) in [5.41, 5.74) is 1.36. The van der Waals surface area contributed by atoms with E-state index in [0.29, 0.717) is 24.4 Å². The number of aromatic amines is 2. The van der Waals surface area contributed by atoms with Gasteiger partial charge in [0.25, 0.3) is 5.56 Å². The second-order valence-corrected chi connectivity index (χ2v) is 5.92. The number of aromatic nitrogens is 4. The molecule has 0 bridgehead atoms. The summed E-state index contributed by atoms with van der Waals surface area (Å²) in [7, 11) is 0. The average Bonchev–Trinajstić information content (AvgIpc) is 3.09. The van der Waals surface area contributed by atoms with Gasteiger partial charge in [-0.2, -0.15) is 0 Å². The Morgan fingerprint density at radius 3 is 2.65 bits per heavy atom. The van der Waals surface area contributed by atoms with Crippen molar-refractivity contribution in [3.8, 4) is 11.6 Å². The number of nitrogens with zero attached hydrogens (tertiary/aromatic N) is 3. The van der Waals surface area contributed by atoms with Crippen LogP contribution in [-0.4, -0.2) is 36.9 Å². The highest BCUT2D eigenvalue weighted by molar-refractivity contribution is 6.00. The molecular weight excluding hydrogens is 334 g/mol. The van der Waals surface area contributed by atoms with Crippen molar-refractivity contribution in [1.29, 1.82) is 0 Å². The predicted molar refractivity (Wildman–Crippen MR) is 98.4 cm³/mol. The maximum absolute atomic E-state index is 12.2. The Morgan fingerprint density at radius 1 is 1.27 bits per heavy atom. The van der Waals surface area contributed by atoms with Gasteiger partial charge < -0.3 is 10.1 Å². The van der Waals surface area contributed by atoms with E-state index >= 15 is 0 Å². The monoisotopic (exact) mass is 353 g/mol. The van der Waals surface area contributed by atoms with Gasteiger partial charge in [-0.15, -0.1) is 0 Å². The first-order valence-corrected chi connectivity index (χ1v) is 8.11. The van der Waals surface area contributed by atoms with E-state index in [-0.39, 0.29) is 5.56 Å². The lowest BCUT2D eigenvalue weighted by Gasteiger charge is -2.11. The number of rotatable bonds is 5. The molecule has 0 fully saturated rings. The molecule has 0 aliphatic rings. The van der Waals surface area contributed by atoms with Crippen molar-refractivity contribution in [2.45, 2.75) is 20.3 Å². The summed E-state index contributed by atoms with van der Waals surface area (Å²) in [6.45, 7) is 3.96. The van der Waals surface area contributed by atoms with E-state index in [0.717, 1.165) is 15.8 Å². The topological polar surface area (TPSA) is 116 Å². The van der Waals surface area contributed by atoms with Crippen LogP contribution in [0.5, 0.6) is 5.88 Å². The summed E-state index contributed by atoms with van der Waals surface area (Å²) >= 11 is 0. The molecule has 0 unspecified atom stereocenters. The standard InChI is InChI=1S/C18H19N5O3/c1-11-3-5-14(6-4-11)23-17(25)15(16(24)22-18(23)26)12(2)20-8-7-13-9-19-10-21-13/h3-6,9-10,25H,7-8H2,1-2H3,(H,19,21)(H,22,24,26). The molecular formula is C18H19N5O3. The number of aryl methyl sites for hydroxylation is 1. The van der Waals surface area contributed by atoms with Gasteiger partial charge in [0, 0.05) is 30.6 Å². The SMILES string of the molecule is CC(=NCCc1cnc[nH]1)c1c(O)n(-c2ccc(C)cc2)c(=O)[nH]c1=O. The molecule has 2 aromatic heterocycles. The highest BCUT2D eigenvalue weighted by Crippen LogP contribution is 2.17. The van der Waals surface area contributed by atoms with Gasteiger partial charge in [-0.25, -0.2) is 14.3 Å². The van der Waals surface area contributed by atoms with Crippen LogP contribution >= 0.6 is 0 Å². The van der Waals surface area contributed by atoms with E-state index in [1.165, 1.54) is 0 Å². The average molecular weight is 353 g/mol. The molecule has 0 aliphatic heterocycles. The Kier molecular flexibility index (Phi) is 4.83. The molecule has 3 N–H and O–H groups in total. The van der Waals surface area contributed by atoms with Gasteiger partial charge >= 0.3 is 5.69 Å². The van der Waals surface area contributed by atoms with Gasteiger partial charge in [-0.05, 0) is 26.0 Å². The number of hydrogen-bond acceptors (Lipinski definition) is 5. The summed E-state index contributed by atoms with van der Waals surface area (Å²) in [5.74, 6) is -0.426. The second kappa shape index (κ2) is 7.22. The molecule has 3 aromatic rings. The van der Waals surface area contributed by atoms with E-state index in [2.05, 4.69) is 19.9 Å².